The molecule has 0 atom stereocenters. The Hall–Kier alpha value is -1.44. The molecule has 0 fully saturated rings. The molecule has 0 bridgehead atoms. The lowest BCUT2D eigenvalue weighted by molar-refractivity contribution is -0.385. The van der Waals surface area contributed by atoms with E-state index in [-0.39, 0.29) is 10.6 Å². The van der Waals surface area contributed by atoms with Gasteiger partial charge in [-0.15, -0.1) is 0 Å². The summed E-state index contributed by atoms with van der Waals surface area (Å²) < 4.78 is 1.42. The monoisotopic (exact) mass is 432 g/mol. The van der Waals surface area contributed by atoms with Gasteiger partial charge in [0.25, 0.3) is 5.91 Å². The lowest BCUT2D eigenvalue weighted by Crippen LogP contribution is -2.14. The van der Waals surface area contributed by atoms with Crippen molar-refractivity contribution >= 4 is 60.7 Å². The molecule has 0 aliphatic rings. The van der Waals surface area contributed by atoms with Crippen LogP contribution in [0.2, 0.25) is 5.02 Å². The van der Waals surface area contributed by atoms with Crippen molar-refractivity contribution in [3.05, 3.63) is 66.0 Å². The van der Waals surface area contributed by atoms with E-state index >= 15 is 0 Å². The highest BCUT2D eigenvalue weighted by atomic mass is 79.9. The summed E-state index contributed by atoms with van der Waals surface area (Å²) in [5.41, 5.74) is -0.0224. The number of amides is 1. The molecule has 0 heterocycles. The van der Waals surface area contributed by atoms with Crippen LogP contribution in [0.5, 0.6) is 0 Å². The molecule has 2 aromatic carbocycles. The third-order valence-corrected chi connectivity index (χ3v) is 4.08. The Balaban J connectivity index is 2.40. The molecule has 0 aliphatic heterocycles. The van der Waals surface area contributed by atoms with E-state index in [0.717, 1.165) is 4.47 Å². The first kappa shape index (κ1) is 15.9. The summed E-state index contributed by atoms with van der Waals surface area (Å²) >= 11 is 12.4. The van der Waals surface area contributed by atoms with Crippen LogP contribution in [0.4, 0.5) is 11.4 Å². The van der Waals surface area contributed by atoms with Crippen molar-refractivity contribution in [3.63, 3.8) is 0 Å². The number of anilines is 1. The number of hydrogen-bond acceptors (Lipinski definition) is 3. The van der Waals surface area contributed by atoms with Gasteiger partial charge in [-0.05, 0) is 46.3 Å². The number of nitro benzene ring substituents is 1. The van der Waals surface area contributed by atoms with Gasteiger partial charge < -0.3 is 5.32 Å². The summed E-state index contributed by atoms with van der Waals surface area (Å²) in [4.78, 5) is 22.6. The van der Waals surface area contributed by atoms with Crippen LogP contribution in [0, 0.1) is 10.1 Å². The average Bonchev–Trinajstić information content (AvgIpc) is 2.42. The molecule has 1 amide bonds. The van der Waals surface area contributed by atoms with Crippen LogP contribution >= 0.6 is 43.5 Å². The lowest BCUT2D eigenvalue weighted by atomic mass is 10.1. The van der Waals surface area contributed by atoms with Crippen molar-refractivity contribution in [2.45, 2.75) is 0 Å². The Bertz CT molecular complexity index is 737. The molecule has 5 nitrogen and oxygen atoms in total. The maximum absolute atomic E-state index is 12.2. The second-order valence-corrected chi connectivity index (χ2v) is 6.15. The Kier molecular flexibility index (Phi) is 4.97. The fourth-order valence-corrected chi connectivity index (χ4v) is 2.62. The molecule has 0 saturated heterocycles. The van der Waals surface area contributed by atoms with E-state index in [4.69, 9.17) is 11.6 Å². The van der Waals surface area contributed by atoms with E-state index in [0.29, 0.717) is 10.2 Å². The number of carbonyl (C=O) groups is 1. The van der Waals surface area contributed by atoms with Crippen LogP contribution in [-0.4, -0.2) is 10.8 Å². The van der Waals surface area contributed by atoms with E-state index < -0.39 is 16.5 Å². The molecule has 0 spiro atoms. The molecule has 8 heteroatoms. The SMILES string of the molecule is O=C(Nc1cc(Br)ccc1Br)c1cccc(Cl)c1[N+](=O)[O-]. The highest BCUT2D eigenvalue weighted by molar-refractivity contribution is 9.11. The van der Waals surface area contributed by atoms with Crippen molar-refractivity contribution in [1.29, 1.82) is 0 Å². The van der Waals surface area contributed by atoms with Crippen LogP contribution in [0.3, 0.4) is 0 Å². The van der Waals surface area contributed by atoms with Gasteiger partial charge in [0.2, 0.25) is 0 Å². The second-order valence-electron chi connectivity index (χ2n) is 3.97. The maximum atomic E-state index is 12.2. The van der Waals surface area contributed by atoms with Gasteiger partial charge in [-0.2, -0.15) is 0 Å². The molecule has 0 aromatic heterocycles. The minimum absolute atomic E-state index is 0.0824. The molecule has 0 unspecified atom stereocenters. The first-order valence-electron chi connectivity index (χ1n) is 5.59. The first-order chi connectivity index (χ1) is 9.90. The third-order valence-electron chi connectivity index (χ3n) is 2.59. The Morgan fingerprint density at radius 3 is 2.62 bits per heavy atom. The van der Waals surface area contributed by atoms with Gasteiger partial charge in [0, 0.05) is 8.95 Å². The fourth-order valence-electron chi connectivity index (χ4n) is 1.67. The second kappa shape index (κ2) is 6.55. The van der Waals surface area contributed by atoms with Crippen molar-refractivity contribution in [2.24, 2.45) is 0 Å². The summed E-state index contributed by atoms with van der Waals surface area (Å²) in [5.74, 6) is -0.608. The normalized spacial score (nSPS) is 10.2. The summed E-state index contributed by atoms with van der Waals surface area (Å²) in [5, 5.41) is 13.6. The van der Waals surface area contributed by atoms with Gasteiger partial charge in [0.1, 0.15) is 10.6 Å². The zero-order valence-electron chi connectivity index (χ0n) is 10.3. The van der Waals surface area contributed by atoms with Crippen molar-refractivity contribution in [2.75, 3.05) is 5.32 Å². The molecule has 0 saturated carbocycles. The zero-order valence-corrected chi connectivity index (χ0v) is 14.2. The van der Waals surface area contributed by atoms with Crippen LogP contribution in [-0.2, 0) is 0 Å². The summed E-state index contributed by atoms with van der Waals surface area (Å²) in [6.45, 7) is 0. The molecule has 2 aromatic rings. The number of hydrogen-bond donors (Lipinski definition) is 1. The van der Waals surface area contributed by atoms with Crippen LogP contribution in [0.1, 0.15) is 10.4 Å². The maximum Gasteiger partial charge on any atom is 0.300 e. The largest absolute Gasteiger partial charge is 0.321 e. The van der Waals surface area contributed by atoms with Gasteiger partial charge in [-0.1, -0.05) is 33.6 Å². The molecule has 21 heavy (non-hydrogen) atoms. The van der Waals surface area contributed by atoms with Gasteiger partial charge >= 0.3 is 5.69 Å². The highest BCUT2D eigenvalue weighted by Gasteiger charge is 2.24. The Labute approximate surface area is 141 Å². The first-order valence-corrected chi connectivity index (χ1v) is 7.56. The van der Waals surface area contributed by atoms with Crippen LogP contribution in [0.25, 0.3) is 0 Å². The summed E-state index contributed by atoms with van der Waals surface area (Å²) in [7, 11) is 0. The van der Waals surface area contributed by atoms with Gasteiger partial charge in [-0.25, -0.2) is 0 Å². The number of carbonyl (C=O) groups excluding carboxylic acids is 1. The number of nitro groups is 1. The molecule has 0 aliphatic carbocycles. The topological polar surface area (TPSA) is 72.2 Å². The van der Waals surface area contributed by atoms with Crippen molar-refractivity contribution in [1.82, 2.24) is 0 Å². The van der Waals surface area contributed by atoms with Gasteiger partial charge in [-0.3, -0.25) is 14.9 Å². The van der Waals surface area contributed by atoms with Gasteiger partial charge in [0.05, 0.1) is 10.6 Å². The van der Waals surface area contributed by atoms with Gasteiger partial charge in [0.15, 0.2) is 0 Å². The van der Waals surface area contributed by atoms with Crippen LogP contribution in [0.15, 0.2) is 45.3 Å². The molecule has 1 N–H and O–H groups in total. The fraction of sp³-hybridized carbons (Fsp3) is 0. The quantitative estimate of drug-likeness (QED) is 0.544. The number of nitrogens with zero attached hydrogens (tertiary/aromatic N) is 1. The van der Waals surface area contributed by atoms with E-state index in [1.807, 2.05) is 0 Å². The molecular formula is C13H7Br2ClN2O3. The number of rotatable bonds is 3. The predicted octanol–water partition coefficient (Wildman–Crippen LogP) is 5.03. The Morgan fingerprint density at radius 2 is 1.95 bits per heavy atom. The number of halogens is 3. The third kappa shape index (κ3) is 3.61. The van der Waals surface area contributed by atoms with E-state index in [9.17, 15) is 14.9 Å². The minimum Gasteiger partial charge on any atom is -0.321 e. The van der Waals surface area contributed by atoms with Crippen molar-refractivity contribution in [3.8, 4) is 0 Å². The zero-order chi connectivity index (χ0) is 15.6. The van der Waals surface area contributed by atoms with Crippen molar-refractivity contribution < 1.29 is 9.72 Å². The van der Waals surface area contributed by atoms with E-state index in [2.05, 4.69) is 37.2 Å². The smallest absolute Gasteiger partial charge is 0.300 e. The average molecular weight is 434 g/mol. The number of benzene rings is 2. The number of para-hydroxylation sites is 1. The highest BCUT2D eigenvalue weighted by Crippen LogP contribution is 2.30. The summed E-state index contributed by atoms with van der Waals surface area (Å²) in [6.07, 6.45) is 0. The summed E-state index contributed by atoms with van der Waals surface area (Å²) in [6, 6.07) is 9.42. The van der Waals surface area contributed by atoms with Crippen LogP contribution < -0.4 is 5.32 Å². The molecular weight excluding hydrogens is 427 g/mol. The molecule has 2 rings (SSSR count). The lowest BCUT2D eigenvalue weighted by Gasteiger charge is -2.08. The van der Waals surface area contributed by atoms with E-state index in [1.54, 1.807) is 18.2 Å². The molecule has 108 valence electrons. The molecule has 0 radical (unpaired) electrons. The standard InChI is InChI=1S/C13H7Br2ClN2O3/c14-7-4-5-9(15)11(6-7)17-13(19)8-2-1-3-10(16)12(8)18(20)21/h1-6H,(H,17,19). The number of nitrogens with one attached hydrogen (secondary N) is 1. The Morgan fingerprint density at radius 1 is 1.24 bits per heavy atom. The predicted molar refractivity (Wildman–Crippen MR) is 87.9 cm³/mol. The van der Waals surface area contributed by atoms with E-state index in [1.165, 1.54) is 18.2 Å². The minimum atomic E-state index is -0.673.